The Morgan fingerprint density at radius 3 is 2.38 bits per heavy atom. The molecule has 1 amide bonds. The SMILES string of the molecule is O=C(COc1c(C(=O)O)ccc2ccccc12)Nc1cc(Cl)cc(Cl)c1. The Morgan fingerprint density at radius 2 is 1.69 bits per heavy atom. The van der Waals surface area contributed by atoms with Crippen molar-refractivity contribution in [1.29, 1.82) is 0 Å². The summed E-state index contributed by atoms with van der Waals surface area (Å²) in [6.07, 6.45) is 0. The Bertz CT molecular complexity index is 984. The van der Waals surface area contributed by atoms with Crippen molar-refractivity contribution in [2.45, 2.75) is 0 Å². The molecule has 7 heteroatoms. The second kappa shape index (κ2) is 7.64. The molecule has 0 bridgehead atoms. The average Bonchev–Trinajstić information content (AvgIpc) is 2.58. The fourth-order valence-electron chi connectivity index (χ4n) is 2.53. The highest BCUT2D eigenvalue weighted by atomic mass is 35.5. The highest BCUT2D eigenvalue weighted by molar-refractivity contribution is 6.35. The molecule has 0 atom stereocenters. The summed E-state index contributed by atoms with van der Waals surface area (Å²) in [5.74, 6) is -1.45. The van der Waals surface area contributed by atoms with Crippen molar-refractivity contribution < 1.29 is 19.4 Å². The van der Waals surface area contributed by atoms with Crippen LogP contribution in [0.4, 0.5) is 5.69 Å². The highest BCUT2D eigenvalue weighted by Crippen LogP contribution is 2.30. The number of rotatable bonds is 5. The molecule has 0 radical (unpaired) electrons. The lowest BCUT2D eigenvalue weighted by Crippen LogP contribution is -2.21. The van der Waals surface area contributed by atoms with E-state index in [9.17, 15) is 14.7 Å². The molecule has 3 rings (SSSR count). The third-order valence-electron chi connectivity index (χ3n) is 3.60. The monoisotopic (exact) mass is 389 g/mol. The van der Waals surface area contributed by atoms with Crippen LogP contribution in [-0.4, -0.2) is 23.6 Å². The van der Waals surface area contributed by atoms with Gasteiger partial charge in [-0.3, -0.25) is 4.79 Å². The summed E-state index contributed by atoms with van der Waals surface area (Å²) in [6.45, 7) is -0.363. The van der Waals surface area contributed by atoms with Gasteiger partial charge in [0, 0.05) is 21.1 Å². The maximum absolute atomic E-state index is 12.2. The fraction of sp³-hybridized carbons (Fsp3) is 0.0526. The minimum absolute atomic E-state index is 0.0118. The van der Waals surface area contributed by atoms with E-state index in [-0.39, 0.29) is 17.9 Å². The predicted octanol–water partition coefficient (Wildman–Crippen LogP) is 4.86. The zero-order chi connectivity index (χ0) is 18.7. The molecule has 3 aromatic rings. The van der Waals surface area contributed by atoms with Crippen molar-refractivity contribution >= 4 is 51.5 Å². The standard InChI is InChI=1S/C19H13Cl2NO4/c20-12-7-13(21)9-14(8-12)22-17(23)10-26-18-15-4-2-1-3-11(15)5-6-16(18)19(24)25/h1-9H,10H2,(H,22,23)(H,24,25). The van der Waals surface area contributed by atoms with Gasteiger partial charge >= 0.3 is 5.97 Å². The number of halogens is 2. The molecule has 5 nitrogen and oxygen atoms in total. The highest BCUT2D eigenvalue weighted by Gasteiger charge is 2.16. The third kappa shape index (κ3) is 4.07. The number of hydrogen-bond acceptors (Lipinski definition) is 3. The van der Waals surface area contributed by atoms with Gasteiger partial charge in [0.15, 0.2) is 6.61 Å². The Morgan fingerprint density at radius 1 is 1.00 bits per heavy atom. The van der Waals surface area contributed by atoms with Crippen LogP contribution in [0.15, 0.2) is 54.6 Å². The van der Waals surface area contributed by atoms with E-state index in [1.54, 1.807) is 36.4 Å². The lowest BCUT2D eigenvalue weighted by Gasteiger charge is -2.13. The lowest BCUT2D eigenvalue weighted by molar-refractivity contribution is -0.118. The molecule has 0 aliphatic heterocycles. The molecular weight excluding hydrogens is 377 g/mol. The molecular formula is C19H13Cl2NO4. The molecule has 0 heterocycles. The second-order valence-corrected chi connectivity index (χ2v) is 6.34. The number of nitrogens with one attached hydrogen (secondary N) is 1. The number of benzene rings is 3. The molecule has 26 heavy (non-hydrogen) atoms. The number of hydrogen-bond donors (Lipinski definition) is 2. The molecule has 0 fully saturated rings. The molecule has 3 aromatic carbocycles. The Hall–Kier alpha value is -2.76. The number of anilines is 1. The van der Waals surface area contributed by atoms with Crippen LogP contribution < -0.4 is 10.1 Å². The van der Waals surface area contributed by atoms with Gasteiger partial charge in [0.2, 0.25) is 0 Å². The summed E-state index contributed by atoms with van der Waals surface area (Å²) in [6, 6.07) is 15.0. The van der Waals surface area contributed by atoms with Gasteiger partial charge in [0.05, 0.1) is 0 Å². The number of carboxylic acids is 1. The molecule has 0 spiro atoms. The van der Waals surface area contributed by atoms with Crippen LogP contribution in [0.1, 0.15) is 10.4 Å². The quantitative estimate of drug-likeness (QED) is 0.652. The van der Waals surface area contributed by atoms with Crippen molar-refractivity contribution in [3.63, 3.8) is 0 Å². The number of aromatic carboxylic acids is 1. The van der Waals surface area contributed by atoms with Crippen LogP contribution in [0.2, 0.25) is 10.0 Å². The maximum atomic E-state index is 12.2. The van der Waals surface area contributed by atoms with Crippen molar-refractivity contribution in [2.24, 2.45) is 0 Å². The van der Waals surface area contributed by atoms with Crippen molar-refractivity contribution in [1.82, 2.24) is 0 Å². The van der Waals surface area contributed by atoms with Crippen LogP contribution in [0.5, 0.6) is 5.75 Å². The number of carbonyl (C=O) groups is 2. The summed E-state index contributed by atoms with van der Waals surface area (Å²) >= 11 is 11.8. The van der Waals surface area contributed by atoms with E-state index in [2.05, 4.69) is 5.32 Å². The minimum atomic E-state index is -1.13. The molecule has 0 aliphatic rings. The van der Waals surface area contributed by atoms with Gasteiger partial charge < -0.3 is 15.2 Å². The molecule has 0 unspecified atom stereocenters. The molecule has 132 valence electrons. The first-order valence-corrected chi connectivity index (χ1v) is 8.33. The van der Waals surface area contributed by atoms with Crippen LogP contribution >= 0.6 is 23.2 Å². The summed E-state index contributed by atoms with van der Waals surface area (Å²) in [5, 5.41) is 14.2. The van der Waals surface area contributed by atoms with Crippen molar-refractivity contribution in [2.75, 3.05) is 11.9 Å². The normalized spacial score (nSPS) is 10.5. The number of fused-ring (bicyclic) bond motifs is 1. The van der Waals surface area contributed by atoms with Gasteiger partial charge in [-0.05, 0) is 29.7 Å². The smallest absolute Gasteiger partial charge is 0.339 e. The Kier molecular flexibility index (Phi) is 5.30. The van der Waals surface area contributed by atoms with Gasteiger partial charge in [-0.25, -0.2) is 4.79 Å². The van der Waals surface area contributed by atoms with Gasteiger partial charge in [0.25, 0.3) is 5.91 Å². The lowest BCUT2D eigenvalue weighted by atomic mass is 10.1. The molecule has 0 saturated heterocycles. The minimum Gasteiger partial charge on any atom is -0.482 e. The van der Waals surface area contributed by atoms with E-state index < -0.39 is 11.9 Å². The topological polar surface area (TPSA) is 75.6 Å². The summed E-state index contributed by atoms with van der Waals surface area (Å²) in [5.41, 5.74) is 0.412. The zero-order valence-electron chi connectivity index (χ0n) is 13.3. The first-order chi connectivity index (χ1) is 12.4. The van der Waals surface area contributed by atoms with E-state index in [4.69, 9.17) is 27.9 Å². The Labute approximate surface area is 159 Å². The number of carboxylic acid groups (broad SMARTS) is 1. The van der Waals surface area contributed by atoms with E-state index >= 15 is 0 Å². The van der Waals surface area contributed by atoms with Crippen molar-refractivity contribution in [3.8, 4) is 5.75 Å². The van der Waals surface area contributed by atoms with Crippen LogP contribution in [-0.2, 0) is 4.79 Å². The summed E-state index contributed by atoms with van der Waals surface area (Å²) in [7, 11) is 0. The van der Waals surface area contributed by atoms with E-state index in [1.165, 1.54) is 6.07 Å². The summed E-state index contributed by atoms with van der Waals surface area (Å²) in [4.78, 5) is 23.6. The van der Waals surface area contributed by atoms with Gasteiger partial charge in [-0.2, -0.15) is 0 Å². The summed E-state index contributed by atoms with van der Waals surface area (Å²) < 4.78 is 5.55. The predicted molar refractivity (Wildman–Crippen MR) is 101 cm³/mol. The van der Waals surface area contributed by atoms with Gasteiger partial charge in [0.1, 0.15) is 11.3 Å². The largest absolute Gasteiger partial charge is 0.482 e. The first-order valence-electron chi connectivity index (χ1n) is 7.58. The Balaban J connectivity index is 1.81. The van der Waals surface area contributed by atoms with Crippen molar-refractivity contribution in [3.05, 3.63) is 70.2 Å². The van der Waals surface area contributed by atoms with E-state index in [0.717, 1.165) is 5.39 Å². The average molecular weight is 390 g/mol. The van der Waals surface area contributed by atoms with Crippen LogP contribution in [0.25, 0.3) is 10.8 Å². The van der Waals surface area contributed by atoms with E-state index in [1.807, 2.05) is 12.1 Å². The fourth-order valence-corrected chi connectivity index (χ4v) is 3.05. The van der Waals surface area contributed by atoms with E-state index in [0.29, 0.717) is 21.1 Å². The number of amides is 1. The maximum Gasteiger partial charge on any atom is 0.339 e. The van der Waals surface area contributed by atoms with Crippen LogP contribution in [0.3, 0.4) is 0 Å². The second-order valence-electron chi connectivity index (χ2n) is 5.46. The number of carbonyl (C=O) groups excluding carboxylic acids is 1. The molecule has 0 saturated carbocycles. The molecule has 0 aliphatic carbocycles. The van der Waals surface area contributed by atoms with Gasteiger partial charge in [-0.1, -0.05) is 53.5 Å². The number of ether oxygens (including phenoxy) is 1. The zero-order valence-corrected chi connectivity index (χ0v) is 14.8. The van der Waals surface area contributed by atoms with Crippen LogP contribution in [0, 0.1) is 0 Å². The first kappa shape index (κ1) is 18.0. The molecule has 0 aromatic heterocycles. The molecule has 2 N–H and O–H groups in total. The van der Waals surface area contributed by atoms with Gasteiger partial charge in [-0.15, -0.1) is 0 Å². The third-order valence-corrected chi connectivity index (χ3v) is 4.04.